The number of halogens is 2. The number of aryl methyl sites for hydroxylation is 1. The number of methoxy groups -OCH3 is 1. The predicted octanol–water partition coefficient (Wildman–Crippen LogP) is 9.08. The quantitative estimate of drug-likeness (QED) is 0.163. The van der Waals surface area contributed by atoms with Crippen molar-refractivity contribution in [3.8, 4) is 28.1 Å². The Bertz CT molecular complexity index is 1690. The zero-order valence-corrected chi connectivity index (χ0v) is 24.2. The molecule has 0 radical (unpaired) electrons. The minimum absolute atomic E-state index is 0.353. The molecular weight excluding hydrogens is 555 g/mol. The van der Waals surface area contributed by atoms with Gasteiger partial charge in [-0.25, -0.2) is 9.78 Å². The Morgan fingerprint density at radius 1 is 0.902 bits per heavy atom. The number of carbonyl (C=O) groups excluding carboxylic acids is 1. The summed E-state index contributed by atoms with van der Waals surface area (Å²) in [5.41, 5.74) is 6.39. The van der Waals surface area contributed by atoms with E-state index in [9.17, 15) is 4.79 Å². The standard InChI is InChI=1S/C34H28Cl2N2O3/c1-3-38-21-32(30-17-14-28(35)20-31(30)36)37-33(38)18-9-23-5-4-6-27(19-23)25-12-15-29(16-13-25)41-22-24-7-10-26(11-8-24)34(39)40-2/h4-21H,3,22H2,1-2H3/b18-9+. The van der Waals surface area contributed by atoms with E-state index in [1.807, 2.05) is 66.9 Å². The Morgan fingerprint density at radius 2 is 1.68 bits per heavy atom. The highest BCUT2D eigenvalue weighted by atomic mass is 35.5. The molecule has 0 amide bonds. The number of benzene rings is 4. The van der Waals surface area contributed by atoms with Crippen LogP contribution in [0.2, 0.25) is 10.0 Å². The van der Waals surface area contributed by atoms with Crippen LogP contribution in [0.25, 0.3) is 34.5 Å². The fourth-order valence-electron chi connectivity index (χ4n) is 4.40. The SMILES string of the molecule is CCn1cc(-c2ccc(Cl)cc2Cl)nc1/C=C/c1cccc(-c2ccc(OCc3ccc(C(=O)OC)cc3)cc2)c1. The van der Waals surface area contributed by atoms with E-state index in [4.69, 9.17) is 37.7 Å². The first-order valence-corrected chi connectivity index (χ1v) is 13.9. The molecule has 1 heterocycles. The molecule has 0 atom stereocenters. The lowest BCUT2D eigenvalue weighted by Crippen LogP contribution is -2.01. The van der Waals surface area contributed by atoms with Gasteiger partial charge in [-0.1, -0.05) is 71.7 Å². The first-order chi connectivity index (χ1) is 19.9. The van der Waals surface area contributed by atoms with Crippen molar-refractivity contribution in [1.29, 1.82) is 0 Å². The number of nitrogens with zero attached hydrogens (tertiary/aromatic N) is 2. The number of esters is 1. The summed E-state index contributed by atoms with van der Waals surface area (Å²) >= 11 is 12.5. The highest BCUT2D eigenvalue weighted by Gasteiger charge is 2.11. The normalized spacial score (nSPS) is 11.1. The number of ether oxygens (including phenoxy) is 2. The Kier molecular flexibility index (Phi) is 8.88. The second kappa shape index (κ2) is 12.9. The summed E-state index contributed by atoms with van der Waals surface area (Å²) < 4.78 is 12.8. The molecule has 0 spiro atoms. The van der Waals surface area contributed by atoms with Gasteiger partial charge in [0.2, 0.25) is 0 Å². The van der Waals surface area contributed by atoms with E-state index in [1.54, 1.807) is 18.2 Å². The molecule has 1 aromatic heterocycles. The van der Waals surface area contributed by atoms with Gasteiger partial charge in [0, 0.05) is 23.3 Å². The van der Waals surface area contributed by atoms with Crippen LogP contribution in [-0.2, 0) is 17.9 Å². The summed E-state index contributed by atoms with van der Waals surface area (Å²) in [5, 5.41) is 1.17. The minimum Gasteiger partial charge on any atom is -0.489 e. The number of rotatable bonds is 9. The van der Waals surface area contributed by atoms with E-state index >= 15 is 0 Å². The summed E-state index contributed by atoms with van der Waals surface area (Å²) in [4.78, 5) is 16.4. The Labute approximate surface area is 249 Å². The van der Waals surface area contributed by atoms with Gasteiger partial charge in [-0.15, -0.1) is 0 Å². The maximum absolute atomic E-state index is 11.6. The fourth-order valence-corrected chi connectivity index (χ4v) is 4.91. The van der Waals surface area contributed by atoms with Crippen molar-refractivity contribution in [1.82, 2.24) is 9.55 Å². The minimum atomic E-state index is -0.353. The molecule has 0 aliphatic carbocycles. The van der Waals surface area contributed by atoms with Crippen LogP contribution in [0, 0.1) is 0 Å². The first kappa shape index (κ1) is 28.2. The Morgan fingerprint density at radius 3 is 2.39 bits per heavy atom. The van der Waals surface area contributed by atoms with Crippen LogP contribution in [0.4, 0.5) is 0 Å². The third kappa shape index (κ3) is 6.88. The molecule has 0 saturated carbocycles. The van der Waals surface area contributed by atoms with Gasteiger partial charge >= 0.3 is 5.97 Å². The zero-order chi connectivity index (χ0) is 28.8. The monoisotopic (exact) mass is 582 g/mol. The third-order valence-corrected chi connectivity index (χ3v) is 7.18. The summed E-state index contributed by atoms with van der Waals surface area (Å²) in [6, 6.07) is 29.0. The van der Waals surface area contributed by atoms with Gasteiger partial charge < -0.3 is 14.0 Å². The largest absolute Gasteiger partial charge is 0.489 e. The van der Waals surface area contributed by atoms with Gasteiger partial charge in [0.25, 0.3) is 0 Å². The number of carbonyl (C=O) groups is 1. The van der Waals surface area contributed by atoms with Crippen molar-refractivity contribution in [3.05, 3.63) is 130 Å². The van der Waals surface area contributed by atoms with Crippen LogP contribution in [0.3, 0.4) is 0 Å². The average molecular weight is 584 g/mol. The highest BCUT2D eigenvalue weighted by molar-refractivity contribution is 6.36. The summed E-state index contributed by atoms with van der Waals surface area (Å²) in [6.45, 7) is 3.27. The van der Waals surface area contributed by atoms with Crippen LogP contribution in [-0.4, -0.2) is 22.6 Å². The molecule has 0 fully saturated rings. The molecule has 0 saturated heterocycles. The third-order valence-electron chi connectivity index (χ3n) is 6.63. The van der Waals surface area contributed by atoms with Gasteiger partial charge in [-0.2, -0.15) is 0 Å². The molecule has 0 aliphatic heterocycles. The van der Waals surface area contributed by atoms with Crippen molar-refractivity contribution in [2.24, 2.45) is 0 Å². The van der Waals surface area contributed by atoms with Crippen molar-refractivity contribution >= 4 is 41.3 Å². The van der Waals surface area contributed by atoms with E-state index in [-0.39, 0.29) is 5.97 Å². The van der Waals surface area contributed by atoms with Crippen molar-refractivity contribution in [2.75, 3.05) is 7.11 Å². The highest BCUT2D eigenvalue weighted by Crippen LogP contribution is 2.30. The van der Waals surface area contributed by atoms with Gasteiger partial charge in [0.15, 0.2) is 0 Å². The molecule has 0 aliphatic rings. The van der Waals surface area contributed by atoms with Gasteiger partial charge in [0.05, 0.1) is 23.4 Å². The molecule has 0 N–H and O–H groups in total. The van der Waals surface area contributed by atoms with Crippen LogP contribution in [0.5, 0.6) is 5.75 Å². The number of imidazole rings is 1. The zero-order valence-electron chi connectivity index (χ0n) is 22.7. The Balaban J connectivity index is 1.26. The van der Waals surface area contributed by atoms with Crippen molar-refractivity contribution < 1.29 is 14.3 Å². The second-order valence-corrected chi connectivity index (χ2v) is 10.2. The molecule has 4 aromatic carbocycles. The molecule has 5 rings (SSSR count). The number of hydrogen-bond acceptors (Lipinski definition) is 4. The maximum Gasteiger partial charge on any atom is 0.337 e. The van der Waals surface area contributed by atoms with Crippen LogP contribution >= 0.6 is 23.2 Å². The van der Waals surface area contributed by atoms with E-state index in [0.29, 0.717) is 22.2 Å². The van der Waals surface area contributed by atoms with Crippen LogP contribution in [0.15, 0.2) is 97.2 Å². The Hall–Kier alpha value is -4.32. The number of hydrogen-bond donors (Lipinski definition) is 0. The molecule has 0 bridgehead atoms. The van der Waals surface area contributed by atoms with Crippen molar-refractivity contribution in [3.63, 3.8) is 0 Å². The molecule has 5 aromatic rings. The van der Waals surface area contributed by atoms with E-state index in [1.165, 1.54) is 7.11 Å². The summed E-state index contributed by atoms with van der Waals surface area (Å²) in [6.07, 6.45) is 6.09. The van der Waals surface area contributed by atoms with Crippen LogP contribution < -0.4 is 4.74 Å². The average Bonchev–Trinajstić information content (AvgIpc) is 3.42. The smallest absolute Gasteiger partial charge is 0.337 e. The lowest BCUT2D eigenvalue weighted by atomic mass is 10.0. The van der Waals surface area contributed by atoms with Gasteiger partial charge in [-0.3, -0.25) is 0 Å². The van der Waals surface area contributed by atoms with E-state index in [0.717, 1.165) is 51.6 Å². The first-order valence-electron chi connectivity index (χ1n) is 13.1. The molecule has 41 heavy (non-hydrogen) atoms. The number of aromatic nitrogens is 2. The molecular formula is C34H28Cl2N2O3. The lowest BCUT2D eigenvalue weighted by Gasteiger charge is -2.09. The lowest BCUT2D eigenvalue weighted by molar-refractivity contribution is 0.0600. The van der Waals surface area contributed by atoms with E-state index < -0.39 is 0 Å². The second-order valence-electron chi connectivity index (χ2n) is 9.35. The van der Waals surface area contributed by atoms with Gasteiger partial charge in [0.1, 0.15) is 18.2 Å². The topological polar surface area (TPSA) is 53.4 Å². The van der Waals surface area contributed by atoms with Crippen LogP contribution in [0.1, 0.15) is 34.2 Å². The molecule has 206 valence electrons. The molecule has 5 nitrogen and oxygen atoms in total. The molecule has 7 heteroatoms. The van der Waals surface area contributed by atoms with Crippen molar-refractivity contribution in [2.45, 2.75) is 20.1 Å². The maximum atomic E-state index is 11.6. The fraction of sp³-hybridized carbons (Fsp3) is 0.118. The van der Waals surface area contributed by atoms with E-state index in [2.05, 4.69) is 35.8 Å². The van der Waals surface area contributed by atoms with Gasteiger partial charge in [-0.05, 0) is 83.8 Å². The summed E-state index contributed by atoms with van der Waals surface area (Å²) in [7, 11) is 1.37. The summed E-state index contributed by atoms with van der Waals surface area (Å²) in [5.74, 6) is 1.26. The molecule has 0 unspecified atom stereocenters. The predicted molar refractivity (Wildman–Crippen MR) is 166 cm³/mol.